The lowest BCUT2D eigenvalue weighted by Crippen LogP contribution is -2.44. The van der Waals surface area contributed by atoms with E-state index in [2.05, 4.69) is 44.5 Å². The van der Waals surface area contributed by atoms with Crippen LogP contribution in [0.1, 0.15) is 45.5 Å². The van der Waals surface area contributed by atoms with Crippen molar-refractivity contribution in [3.8, 4) is 0 Å². The second-order valence-electron chi connectivity index (χ2n) is 11.6. The van der Waals surface area contributed by atoms with Crippen LogP contribution in [-0.2, 0) is 17.6 Å². The summed E-state index contributed by atoms with van der Waals surface area (Å²) in [5.41, 5.74) is 6.62. The predicted molar refractivity (Wildman–Crippen MR) is 161 cm³/mol. The summed E-state index contributed by atoms with van der Waals surface area (Å²) in [5, 5.41) is 11.4. The first kappa shape index (κ1) is 27.4. The highest BCUT2D eigenvalue weighted by Gasteiger charge is 2.22. The molecule has 1 amide bonds. The number of halogens is 1. The van der Waals surface area contributed by atoms with E-state index in [4.69, 9.17) is 4.74 Å². The van der Waals surface area contributed by atoms with Gasteiger partial charge >= 0.3 is 0 Å². The Kier molecular flexibility index (Phi) is 8.03. The van der Waals surface area contributed by atoms with Crippen LogP contribution in [0.3, 0.4) is 0 Å². The van der Waals surface area contributed by atoms with Gasteiger partial charge in [0.15, 0.2) is 5.82 Å². The largest absolute Gasteiger partial charge is 0.381 e. The number of aryl methyl sites for hydroxylation is 1. The number of H-pyrrole nitrogens is 1. The Balaban J connectivity index is 1.25. The third kappa shape index (κ3) is 6.44. The van der Waals surface area contributed by atoms with Crippen LogP contribution in [0, 0.1) is 18.7 Å². The highest BCUT2D eigenvalue weighted by molar-refractivity contribution is 6.08. The molecule has 3 aromatic carbocycles. The molecule has 2 fully saturated rings. The minimum absolute atomic E-state index is 0.156. The highest BCUT2D eigenvalue weighted by atomic mass is 19.1. The molecule has 0 atom stereocenters. The van der Waals surface area contributed by atoms with Crippen molar-refractivity contribution in [2.75, 3.05) is 56.7 Å². The predicted octanol–water partition coefficient (Wildman–Crippen LogP) is 5.57. The van der Waals surface area contributed by atoms with Gasteiger partial charge in [0.2, 0.25) is 0 Å². The Morgan fingerprint density at radius 2 is 1.83 bits per heavy atom. The Labute approximate surface area is 240 Å². The molecule has 7 nitrogen and oxygen atoms in total. The molecule has 2 aliphatic heterocycles. The summed E-state index contributed by atoms with van der Waals surface area (Å²) in [6.45, 7) is 7.48. The fourth-order valence-electron chi connectivity index (χ4n) is 6.08. The van der Waals surface area contributed by atoms with Gasteiger partial charge in [-0.05, 0) is 110 Å². The smallest absolute Gasteiger partial charge is 0.257 e. The molecule has 0 radical (unpaired) electrons. The Morgan fingerprint density at radius 1 is 1.02 bits per heavy atom. The minimum Gasteiger partial charge on any atom is -0.381 e. The van der Waals surface area contributed by atoms with E-state index in [1.807, 2.05) is 37.3 Å². The number of amides is 1. The van der Waals surface area contributed by atoms with Crippen LogP contribution in [0.25, 0.3) is 10.9 Å². The number of benzene rings is 3. The van der Waals surface area contributed by atoms with Gasteiger partial charge in [0, 0.05) is 56.0 Å². The quantitative estimate of drug-likeness (QED) is 0.312. The third-order valence-corrected chi connectivity index (χ3v) is 8.42. The number of piperazine rings is 1. The molecule has 0 aliphatic carbocycles. The summed E-state index contributed by atoms with van der Waals surface area (Å²) in [7, 11) is 2.16. The molecule has 0 unspecified atom stereocenters. The number of aromatic nitrogens is 2. The van der Waals surface area contributed by atoms with E-state index in [1.165, 1.54) is 11.8 Å². The first-order chi connectivity index (χ1) is 19.9. The maximum atomic E-state index is 14.0. The molecule has 0 saturated carbocycles. The van der Waals surface area contributed by atoms with Crippen molar-refractivity contribution in [2.45, 2.75) is 32.6 Å². The van der Waals surface area contributed by atoms with Crippen LogP contribution < -0.4 is 10.2 Å². The van der Waals surface area contributed by atoms with Gasteiger partial charge < -0.3 is 19.9 Å². The van der Waals surface area contributed by atoms with E-state index in [-0.39, 0.29) is 11.7 Å². The molecule has 6 rings (SSSR count). The number of hydrogen-bond acceptors (Lipinski definition) is 5. The van der Waals surface area contributed by atoms with Crippen LogP contribution in [0.15, 0.2) is 54.6 Å². The van der Waals surface area contributed by atoms with Crippen LogP contribution in [0.5, 0.6) is 0 Å². The SMILES string of the molecule is Cc1cc(F)cc(Cc2ccc3[nH]nc(NC(=O)c4ccc(N5CCN(C)CC5)cc4CC4CCOCC4)c3c2)c1. The number of likely N-dealkylation sites (N-methyl/N-ethyl adjacent to an activating group) is 1. The number of nitrogens with zero attached hydrogens (tertiary/aromatic N) is 3. The number of carbonyl (C=O) groups excluding carboxylic acids is 1. The van der Waals surface area contributed by atoms with Crippen molar-refractivity contribution < 1.29 is 13.9 Å². The van der Waals surface area contributed by atoms with Crippen LogP contribution in [0.4, 0.5) is 15.9 Å². The molecule has 2 saturated heterocycles. The van der Waals surface area contributed by atoms with Gasteiger partial charge in [-0.2, -0.15) is 5.10 Å². The fraction of sp³-hybridized carbons (Fsp3) is 0.394. The van der Waals surface area contributed by atoms with Crippen LogP contribution in [0.2, 0.25) is 0 Å². The van der Waals surface area contributed by atoms with E-state index in [9.17, 15) is 9.18 Å². The second kappa shape index (κ2) is 12.0. The maximum Gasteiger partial charge on any atom is 0.257 e. The molecule has 8 heteroatoms. The van der Waals surface area contributed by atoms with E-state index >= 15 is 0 Å². The normalized spacial score (nSPS) is 16.8. The number of anilines is 2. The first-order valence-corrected chi connectivity index (χ1v) is 14.6. The molecular weight excluding hydrogens is 517 g/mol. The average molecular weight is 556 g/mol. The van der Waals surface area contributed by atoms with Crippen molar-refractivity contribution in [3.63, 3.8) is 0 Å². The van der Waals surface area contributed by atoms with Gasteiger partial charge in [-0.1, -0.05) is 12.1 Å². The zero-order chi connectivity index (χ0) is 28.3. The van der Waals surface area contributed by atoms with Gasteiger partial charge in [0.05, 0.1) is 5.52 Å². The van der Waals surface area contributed by atoms with E-state index < -0.39 is 0 Å². The zero-order valence-corrected chi connectivity index (χ0v) is 23.9. The summed E-state index contributed by atoms with van der Waals surface area (Å²) in [6, 6.07) is 17.4. The lowest BCUT2D eigenvalue weighted by atomic mass is 9.89. The lowest BCUT2D eigenvalue weighted by Gasteiger charge is -2.34. The number of fused-ring (bicyclic) bond motifs is 1. The first-order valence-electron chi connectivity index (χ1n) is 14.6. The van der Waals surface area contributed by atoms with Gasteiger partial charge in [0.1, 0.15) is 5.82 Å². The molecule has 0 spiro atoms. The van der Waals surface area contributed by atoms with E-state index in [1.54, 1.807) is 6.07 Å². The Hall–Kier alpha value is -3.75. The topological polar surface area (TPSA) is 73.5 Å². The summed E-state index contributed by atoms with van der Waals surface area (Å²) < 4.78 is 19.5. The molecular formula is C33H38FN5O2. The number of rotatable bonds is 7. The van der Waals surface area contributed by atoms with Crippen molar-refractivity contribution >= 4 is 28.3 Å². The van der Waals surface area contributed by atoms with Crippen molar-refractivity contribution in [2.24, 2.45) is 5.92 Å². The van der Waals surface area contributed by atoms with Crippen molar-refractivity contribution in [3.05, 3.63) is 88.2 Å². The van der Waals surface area contributed by atoms with Gasteiger partial charge in [-0.15, -0.1) is 0 Å². The van der Waals surface area contributed by atoms with E-state index in [0.717, 1.165) is 91.8 Å². The molecule has 1 aromatic heterocycles. The number of aromatic amines is 1. The van der Waals surface area contributed by atoms with Gasteiger partial charge in [-0.25, -0.2) is 4.39 Å². The maximum absolute atomic E-state index is 14.0. The number of nitrogens with one attached hydrogen (secondary N) is 2. The molecule has 0 bridgehead atoms. The lowest BCUT2D eigenvalue weighted by molar-refractivity contribution is 0.0664. The molecule has 41 heavy (non-hydrogen) atoms. The number of hydrogen-bond donors (Lipinski definition) is 2. The third-order valence-electron chi connectivity index (χ3n) is 8.42. The second-order valence-corrected chi connectivity index (χ2v) is 11.6. The standard InChI is InChI=1S/C33H38FN5O2/c1-22-15-25(19-27(34)16-22)17-24-3-6-31-30(20-24)32(37-36-31)35-33(40)29-5-4-28(39-11-9-38(2)10-12-39)21-26(29)18-23-7-13-41-14-8-23/h3-6,15-16,19-21,23H,7-14,17-18H2,1-2H3,(H2,35,36,37,40). The zero-order valence-electron chi connectivity index (χ0n) is 23.9. The summed E-state index contributed by atoms with van der Waals surface area (Å²) in [4.78, 5) is 18.5. The van der Waals surface area contributed by atoms with Crippen LogP contribution >= 0.6 is 0 Å². The summed E-state index contributed by atoms with van der Waals surface area (Å²) in [6.07, 6.45) is 3.47. The molecule has 214 valence electrons. The van der Waals surface area contributed by atoms with Crippen molar-refractivity contribution in [1.29, 1.82) is 0 Å². The Morgan fingerprint density at radius 3 is 2.61 bits per heavy atom. The molecule has 4 aromatic rings. The molecule has 2 N–H and O–H groups in total. The monoisotopic (exact) mass is 555 g/mol. The van der Waals surface area contributed by atoms with Crippen molar-refractivity contribution in [1.82, 2.24) is 15.1 Å². The highest BCUT2D eigenvalue weighted by Crippen LogP contribution is 2.29. The summed E-state index contributed by atoms with van der Waals surface area (Å²) >= 11 is 0. The van der Waals surface area contributed by atoms with E-state index in [0.29, 0.717) is 23.7 Å². The minimum atomic E-state index is -0.229. The number of ether oxygens (including phenoxy) is 1. The fourth-order valence-corrected chi connectivity index (χ4v) is 6.08. The summed E-state index contributed by atoms with van der Waals surface area (Å²) in [5.74, 6) is 0.616. The Bertz CT molecular complexity index is 1520. The van der Waals surface area contributed by atoms with Gasteiger partial charge in [0.25, 0.3) is 5.91 Å². The molecule has 2 aliphatic rings. The van der Waals surface area contributed by atoms with Crippen LogP contribution in [-0.4, -0.2) is 67.4 Å². The number of carbonyl (C=O) groups is 1. The average Bonchev–Trinajstić information content (AvgIpc) is 3.35. The molecule has 3 heterocycles. The van der Waals surface area contributed by atoms with Gasteiger partial charge in [-0.3, -0.25) is 9.89 Å².